The average molecular weight is 343 g/mol. The molecule has 102 valence electrons. The Kier molecular flexibility index (Phi) is 3.76. The maximum absolute atomic E-state index is 13.5. The number of H-pyrrole nitrogens is 1. The third kappa shape index (κ3) is 2.63. The molecule has 1 heterocycles. The predicted molar refractivity (Wildman–Crippen MR) is 81.4 cm³/mol. The number of imidazole rings is 1. The van der Waals surface area contributed by atoms with E-state index in [0.717, 1.165) is 29.9 Å². The van der Waals surface area contributed by atoms with E-state index in [1.807, 2.05) is 6.07 Å². The summed E-state index contributed by atoms with van der Waals surface area (Å²) in [4.78, 5) is 3.09. The lowest BCUT2D eigenvalue weighted by Crippen LogP contribution is -2.03. The van der Waals surface area contributed by atoms with Crippen molar-refractivity contribution in [3.63, 3.8) is 0 Å². The predicted octanol–water partition coefficient (Wildman–Crippen LogP) is 5.18. The van der Waals surface area contributed by atoms with Crippen molar-refractivity contribution in [2.75, 3.05) is 0 Å². The maximum atomic E-state index is 13.5. The minimum atomic E-state index is -0.258. The number of hydrogen-bond acceptors (Lipinski definition) is 1. The number of nitrogens with zero attached hydrogens (tertiary/aromatic N) is 1. The van der Waals surface area contributed by atoms with Crippen LogP contribution in [0.3, 0.4) is 0 Å². The molecule has 1 aromatic carbocycles. The second-order valence-corrected chi connectivity index (χ2v) is 6.55. The number of aryl methyl sites for hydroxylation is 1. The Balaban J connectivity index is 1.91. The van der Waals surface area contributed by atoms with E-state index >= 15 is 0 Å². The van der Waals surface area contributed by atoms with E-state index in [4.69, 9.17) is 12.2 Å². The molecular formula is C14H16BrFN2S. The van der Waals surface area contributed by atoms with Gasteiger partial charge < -0.3 is 9.55 Å². The van der Waals surface area contributed by atoms with E-state index in [-0.39, 0.29) is 5.82 Å². The van der Waals surface area contributed by atoms with Gasteiger partial charge in [0.2, 0.25) is 0 Å². The van der Waals surface area contributed by atoms with E-state index < -0.39 is 0 Å². The van der Waals surface area contributed by atoms with Crippen molar-refractivity contribution in [2.24, 2.45) is 5.92 Å². The molecule has 5 heteroatoms. The molecule has 1 N–H and O–H groups in total. The second kappa shape index (κ2) is 5.37. The largest absolute Gasteiger partial charge is 0.330 e. The molecule has 2 aromatic rings. The van der Waals surface area contributed by atoms with Crippen LogP contribution >= 0.6 is 28.1 Å². The van der Waals surface area contributed by atoms with Gasteiger partial charge in [0.25, 0.3) is 0 Å². The van der Waals surface area contributed by atoms with Crippen LogP contribution in [-0.2, 0) is 6.54 Å². The van der Waals surface area contributed by atoms with Gasteiger partial charge in [-0.25, -0.2) is 4.39 Å². The summed E-state index contributed by atoms with van der Waals surface area (Å²) < 4.78 is 16.8. The van der Waals surface area contributed by atoms with Crippen LogP contribution in [0.4, 0.5) is 4.39 Å². The molecule has 1 aliphatic rings. The molecule has 0 amide bonds. The number of aromatic nitrogens is 2. The van der Waals surface area contributed by atoms with Crippen LogP contribution in [0.15, 0.2) is 16.6 Å². The summed E-state index contributed by atoms with van der Waals surface area (Å²) in [5.74, 6) is 0.572. The van der Waals surface area contributed by atoms with Crippen LogP contribution in [0.2, 0.25) is 0 Å². The van der Waals surface area contributed by atoms with Crippen molar-refractivity contribution < 1.29 is 4.39 Å². The molecule has 0 spiro atoms. The molecule has 2 nitrogen and oxygen atoms in total. The van der Waals surface area contributed by atoms with Gasteiger partial charge in [0, 0.05) is 12.6 Å². The summed E-state index contributed by atoms with van der Waals surface area (Å²) in [5.41, 5.74) is 1.76. The fourth-order valence-electron chi connectivity index (χ4n) is 2.98. The minimum Gasteiger partial charge on any atom is -0.330 e. The first-order valence-electron chi connectivity index (χ1n) is 6.72. The Labute approximate surface area is 125 Å². The summed E-state index contributed by atoms with van der Waals surface area (Å²) in [6, 6.07) is 3.31. The Morgan fingerprint density at radius 3 is 2.84 bits per heavy atom. The van der Waals surface area contributed by atoms with E-state index in [1.54, 1.807) is 0 Å². The smallest absolute Gasteiger partial charge is 0.178 e. The van der Waals surface area contributed by atoms with Crippen LogP contribution in [0, 0.1) is 16.5 Å². The summed E-state index contributed by atoms with van der Waals surface area (Å²) >= 11 is 8.59. The summed E-state index contributed by atoms with van der Waals surface area (Å²) in [6.45, 7) is 0.918. The lowest BCUT2D eigenvalue weighted by molar-refractivity contribution is 0.460. The van der Waals surface area contributed by atoms with Crippen LogP contribution in [-0.4, -0.2) is 9.55 Å². The quantitative estimate of drug-likeness (QED) is 0.762. The minimum absolute atomic E-state index is 0.258. The molecule has 0 aliphatic heterocycles. The van der Waals surface area contributed by atoms with E-state index in [2.05, 4.69) is 25.5 Å². The lowest BCUT2D eigenvalue weighted by Gasteiger charge is -2.10. The highest BCUT2D eigenvalue weighted by Crippen LogP contribution is 2.29. The highest BCUT2D eigenvalue weighted by molar-refractivity contribution is 9.10. The summed E-state index contributed by atoms with van der Waals surface area (Å²) in [7, 11) is 0. The molecule has 0 unspecified atom stereocenters. The number of halogens is 2. The first-order chi connectivity index (χ1) is 9.15. The van der Waals surface area contributed by atoms with Gasteiger partial charge in [-0.1, -0.05) is 25.7 Å². The van der Waals surface area contributed by atoms with Crippen LogP contribution < -0.4 is 0 Å². The number of fused-ring (bicyclic) bond motifs is 1. The Morgan fingerprint density at radius 1 is 1.37 bits per heavy atom. The number of hydrogen-bond donors (Lipinski definition) is 1. The van der Waals surface area contributed by atoms with E-state index in [1.165, 1.54) is 31.7 Å². The molecule has 0 atom stereocenters. The molecule has 0 saturated heterocycles. The fraction of sp³-hybridized carbons (Fsp3) is 0.500. The standard InChI is InChI=1S/C14H16BrFN2S/c15-10-7-13-12(8-11(10)16)17-14(19)18(13)6-5-9-3-1-2-4-9/h7-9H,1-6H2,(H,17,19). The molecule has 1 fully saturated rings. The number of nitrogens with one attached hydrogen (secondary N) is 1. The molecular weight excluding hydrogens is 327 g/mol. The number of aromatic amines is 1. The molecule has 1 saturated carbocycles. The zero-order valence-corrected chi connectivity index (χ0v) is 13.0. The fourth-order valence-corrected chi connectivity index (χ4v) is 3.62. The highest BCUT2D eigenvalue weighted by Gasteiger charge is 2.16. The summed E-state index contributed by atoms with van der Waals surface area (Å²) in [6.07, 6.45) is 6.57. The first-order valence-corrected chi connectivity index (χ1v) is 7.93. The zero-order valence-electron chi connectivity index (χ0n) is 10.6. The number of rotatable bonds is 3. The zero-order chi connectivity index (χ0) is 13.4. The molecule has 1 aromatic heterocycles. The van der Waals surface area contributed by atoms with E-state index in [0.29, 0.717) is 9.24 Å². The maximum Gasteiger partial charge on any atom is 0.178 e. The van der Waals surface area contributed by atoms with Crippen LogP contribution in [0.5, 0.6) is 0 Å². The van der Waals surface area contributed by atoms with Gasteiger partial charge in [-0.05, 0) is 46.6 Å². The lowest BCUT2D eigenvalue weighted by atomic mass is 10.0. The van der Waals surface area contributed by atoms with Crippen molar-refractivity contribution in [1.29, 1.82) is 0 Å². The highest BCUT2D eigenvalue weighted by atomic mass is 79.9. The first kappa shape index (κ1) is 13.3. The van der Waals surface area contributed by atoms with Gasteiger partial charge in [-0.3, -0.25) is 0 Å². The van der Waals surface area contributed by atoms with Gasteiger partial charge in [0.1, 0.15) is 5.82 Å². The van der Waals surface area contributed by atoms with E-state index in [9.17, 15) is 4.39 Å². The molecule has 19 heavy (non-hydrogen) atoms. The number of benzene rings is 1. The van der Waals surface area contributed by atoms with Gasteiger partial charge >= 0.3 is 0 Å². The van der Waals surface area contributed by atoms with Crippen LogP contribution in [0.25, 0.3) is 11.0 Å². The normalized spacial score (nSPS) is 16.5. The third-order valence-corrected chi connectivity index (χ3v) is 4.98. The Morgan fingerprint density at radius 2 is 2.11 bits per heavy atom. The monoisotopic (exact) mass is 342 g/mol. The SMILES string of the molecule is Fc1cc2[nH]c(=S)n(CCC3CCCC3)c2cc1Br. The third-order valence-electron chi connectivity index (χ3n) is 4.05. The Bertz CT molecular complexity index is 655. The topological polar surface area (TPSA) is 20.7 Å². The van der Waals surface area contributed by atoms with Crippen molar-refractivity contribution in [3.8, 4) is 0 Å². The van der Waals surface area contributed by atoms with Gasteiger partial charge in [-0.2, -0.15) is 0 Å². The molecule has 1 aliphatic carbocycles. The van der Waals surface area contributed by atoms with Crippen molar-refractivity contribution >= 4 is 39.2 Å². The van der Waals surface area contributed by atoms with Crippen LogP contribution in [0.1, 0.15) is 32.1 Å². The van der Waals surface area contributed by atoms with Crippen molar-refractivity contribution in [2.45, 2.75) is 38.6 Å². The Hall–Kier alpha value is -0.680. The molecule has 0 bridgehead atoms. The summed E-state index contributed by atoms with van der Waals surface area (Å²) in [5, 5.41) is 0. The van der Waals surface area contributed by atoms with Gasteiger partial charge in [0.05, 0.1) is 15.5 Å². The van der Waals surface area contributed by atoms with Crippen molar-refractivity contribution in [1.82, 2.24) is 9.55 Å². The average Bonchev–Trinajstić information content (AvgIpc) is 2.96. The molecule has 3 rings (SSSR count). The second-order valence-electron chi connectivity index (χ2n) is 5.30. The van der Waals surface area contributed by atoms with Gasteiger partial charge in [0.15, 0.2) is 4.77 Å². The van der Waals surface area contributed by atoms with Crippen molar-refractivity contribution in [3.05, 3.63) is 27.2 Å². The molecule has 0 radical (unpaired) electrons. The van der Waals surface area contributed by atoms with Gasteiger partial charge in [-0.15, -0.1) is 0 Å².